The van der Waals surface area contributed by atoms with Crippen LogP contribution in [0.25, 0.3) is 0 Å². The van der Waals surface area contributed by atoms with Crippen LogP contribution in [0.15, 0.2) is 65.7 Å². The maximum atomic E-state index is 13.3. The molecular weight excluding hydrogens is 366 g/mol. The summed E-state index contributed by atoms with van der Waals surface area (Å²) in [5.41, 5.74) is 9.62. The maximum absolute atomic E-state index is 13.3. The predicted molar refractivity (Wildman–Crippen MR) is 111 cm³/mol. The summed E-state index contributed by atoms with van der Waals surface area (Å²) >= 11 is 0. The third-order valence-corrected chi connectivity index (χ3v) is 5.11. The summed E-state index contributed by atoms with van der Waals surface area (Å²) in [7, 11) is 0. The molecule has 1 aliphatic heterocycles. The van der Waals surface area contributed by atoms with Gasteiger partial charge in [-0.15, -0.1) is 0 Å². The Kier molecular flexibility index (Phi) is 3.91. The Morgan fingerprint density at radius 3 is 2.17 bits per heavy atom. The maximum Gasteiger partial charge on any atom is 0.218 e. The number of carbonyl (C=O) groups is 2. The third kappa shape index (κ3) is 2.69. The van der Waals surface area contributed by atoms with Crippen molar-refractivity contribution in [3.8, 4) is 0 Å². The van der Waals surface area contributed by atoms with E-state index in [2.05, 4.69) is 10.3 Å². The Hall–Kier alpha value is -3.93. The quantitative estimate of drug-likeness (QED) is 0.528. The van der Waals surface area contributed by atoms with Crippen LogP contribution in [-0.2, 0) is 4.74 Å². The molecule has 0 aromatic heterocycles. The summed E-state index contributed by atoms with van der Waals surface area (Å²) in [5.74, 6) is -0.120. The molecule has 0 spiro atoms. The van der Waals surface area contributed by atoms with E-state index in [1.54, 1.807) is 30.3 Å². The average Bonchev–Trinajstić information content (AvgIpc) is 3.28. The van der Waals surface area contributed by atoms with Gasteiger partial charge in [-0.1, -0.05) is 42.5 Å². The van der Waals surface area contributed by atoms with Gasteiger partial charge >= 0.3 is 0 Å². The van der Waals surface area contributed by atoms with Gasteiger partial charge in [-0.2, -0.15) is 0 Å². The number of anilines is 3. The molecule has 142 valence electrons. The van der Waals surface area contributed by atoms with Gasteiger partial charge in [0.05, 0.1) is 34.6 Å². The van der Waals surface area contributed by atoms with Crippen LogP contribution in [0, 0.1) is 0 Å². The molecule has 6 heteroatoms. The zero-order valence-corrected chi connectivity index (χ0v) is 15.4. The molecule has 29 heavy (non-hydrogen) atoms. The number of ketones is 2. The van der Waals surface area contributed by atoms with Crippen molar-refractivity contribution < 1.29 is 14.3 Å². The molecule has 2 aliphatic rings. The number of nitrogens with two attached hydrogens (primary N) is 1. The predicted octanol–water partition coefficient (Wildman–Crippen LogP) is 3.56. The molecule has 0 saturated carbocycles. The lowest BCUT2D eigenvalue weighted by Gasteiger charge is -2.24. The van der Waals surface area contributed by atoms with Crippen molar-refractivity contribution in [2.45, 2.75) is 0 Å². The molecule has 0 radical (unpaired) electrons. The van der Waals surface area contributed by atoms with Crippen molar-refractivity contribution in [3.05, 3.63) is 88.5 Å². The van der Waals surface area contributed by atoms with Crippen molar-refractivity contribution in [1.82, 2.24) is 0 Å². The molecular formula is C23H17N3O3. The van der Waals surface area contributed by atoms with Crippen LogP contribution in [-0.4, -0.2) is 30.6 Å². The molecule has 0 bridgehead atoms. The fourth-order valence-electron chi connectivity index (χ4n) is 3.77. The fraction of sp³-hybridized carbons (Fsp3) is 0.0870. The van der Waals surface area contributed by atoms with E-state index in [-0.39, 0.29) is 28.4 Å². The molecule has 6 nitrogen and oxygen atoms in total. The summed E-state index contributed by atoms with van der Waals surface area (Å²) in [6.45, 7) is 0.992. The Bertz CT molecular complexity index is 1200. The lowest BCUT2D eigenvalue weighted by molar-refractivity contribution is 0.0980. The van der Waals surface area contributed by atoms with E-state index >= 15 is 0 Å². The lowest BCUT2D eigenvalue weighted by atomic mass is 9.81. The first-order valence-corrected chi connectivity index (χ1v) is 9.29. The Labute approximate surface area is 167 Å². The highest BCUT2D eigenvalue weighted by molar-refractivity contribution is 6.33. The molecule has 1 heterocycles. The van der Waals surface area contributed by atoms with Crippen molar-refractivity contribution in [2.75, 3.05) is 24.2 Å². The lowest BCUT2D eigenvalue weighted by Crippen LogP contribution is -2.25. The van der Waals surface area contributed by atoms with E-state index in [9.17, 15) is 9.59 Å². The monoisotopic (exact) mass is 383 g/mol. The van der Waals surface area contributed by atoms with Gasteiger partial charge in [0.1, 0.15) is 6.61 Å². The summed E-state index contributed by atoms with van der Waals surface area (Å²) in [6.07, 6.45) is 0. The van der Waals surface area contributed by atoms with Crippen LogP contribution in [0.3, 0.4) is 0 Å². The summed E-state index contributed by atoms with van der Waals surface area (Å²) < 4.78 is 5.59. The highest BCUT2D eigenvalue weighted by atomic mass is 16.5. The van der Waals surface area contributed by atoms with Gasteiger partial charge in [-0.05, 0) is 18.2 Å². The second kappa shape index (κ2) is 6.60. The summed E-state index contributed by atoms with van der Waals surface area (Å²) in [5, 5.41) is 3.27. The highest BCUT2D eigenvalue weighted by Crippen LogP contribution is 2.39. The van der Waals surface area contributed by atoms with Crippen LogP contribution < -0.4 is 11.1 Å². The molecule has 3 aromatic rings. The van der Waals surface area contributed by atoms with Gasteiger partial charge in [0.25, 0.3) is 0 Å². The second-order valence-corrected chi connectivity index (χ2v) is 6.87. The number of carbonyl (C=O) groups excluding carboxylic acids is 2. The summed E-state index contributed by atoms with van der Waals surface area (Å²) in [4.78, 5) is 31.0. The first-order chi connectivity index (χ1) is 14.1. The fourth-order valence-corrected chi connectivity index (χ4v) is 3.77. The van der Waals surface area contributed by atoms with Crippen molar-refractivity contribution >= 4 is 34.5 Å². The van der Waals surface area contributed by atoms with E-state index < -0.39 is 0 Å². The summed E-state index contributed by atoms with van der Waals surface area (Å²) in [6, 6.07) is 18.0. The second-order valence-electron chi connectivity index (χ2n) is 6.87. The van der Waals surface area contributed by atoms with Gasteiger partial charge in [0, 0.05) is 16.8 Å². The number of nitrogens with zero attached hydrogens (tertiary/aromatic N) is 1. The SMILES string of the molecule is Nc1c(C2=NCCO2)cc(Nc2ccccc2)c2c1C(=O)c1ccccc1C2=O. The molecule has 0 fully saturated rings. The number of nitrogen functional groups attached to an aromatic ring is 1. The van der Waals surface area contributed by atoms with Crippen molar-refractivity contribution in [3.63, 3.8) is 0 Å². The molecule has 0 amide bonds. The number of rotatable bonds is 3. The molecule has 3 aromatic carbocycles. The minimum atomic E-state index is -0.274. The number of hydrogen-bond acceptors (Lipinski definition) is 6. The molecule has 1 aliphatic carbocycles. The standard InChI is InChI=1S/C23H17N3O3/c24-20-16(23-25-10-11-29-23)12-17(26-13-6-2-1-3-7-13)18-19(20)22(28)15-9-5-4-8-14(15)21(18)27/h1-9,12,26H,10-11,24H2. The van der Waals surface area contributed by atoms with E-state index in [4.69, 9.17) is 10.5 Å². The van der Waals surface area contributed by atoms with Gasteiger partial charge in [0.2, 0.25) is 5.90 Å². The topological polar surface area (TPSA) is 93.8 Å². The van der Waals surface area contributed by atoms with Gasteiger partial charge < -0.3 is 15.8 Å². The Balaban J connectivity index is 1.77. The molecule has 0 saturated heterocycles. The number of fused-ring (bicyclic) bond motifs is 2. The Morgan fingerprint density at radius 1 is 0.862 bits per heavy atom. The van der Waals surface area contributed by atoms with Crippen LogP contribution >= 0.6 is 0 Å². The van der Waals surface area contributed by atoms with Gasteiger partial charge in [-0.3, -0.25) is 9.59 Å². The van der Waals surface area contributed by atoms with Crippen LogP contribution in [0.2, 0.25) is 0 Å². The van der Waals surface area contributed by atoms with E-state index in [1.807, 2.05) is 30.3 Å². The Morgan fingerprint density at radius 2 is 1.52 bits per heavy atom. The van der Waals surface area contributed by atoms with E-state index in [0.29, 0.717) is 41.4 Å². The smallest absolute Gasteiger partial charge is 0.218 e. The van der Waals surface area contributed by atoms with Gasteiger partial charge in [0.15, 0.2) is 11.6 Å². The first-order valence-electron chi connectivity index (χ1n) is 9.29. The largest absolute Gasteiger partial charge is 0.475 e. The minimum absolute atomic E-state index is 0.197. The van der Waals surface area contributed by atoms with E-state index in [1.165, 1.54) is 0 Å². The number of hydrogen-bond donors (Lipinski definition) is 2. The van der Waals surface area contributed by atoms with Crippen molar-refractivity contribution in [1.29, 1.82) is 0 Å². The number of ether oxygens (including phenoxy) is 1. The molecule has 3 N–H and O–H groups in total. The molecule has 5 rings (SSSR count). The third-order valence-electron chi connectivity index (χ3n) is 5.11. The average molecular weight is 383 g/mol. The van der Waals surface area contributed by atoms with E-state index in [0.717, 1.165) is 5.69 Å². The van der Waals surface area contributed by atoms with Crippen LogP contribution in [0.5, 0.6) is 0 Å². The molecule has 0 unspecified atom stereocenters. The number of aliphatic imine (C=N–C) groups is 1. The number of para-hydroxylation sites is 1. The highest BCUT2D eigenvalue weighted by Gasteiger charge is 2.35. The zero-order chi connectivity index (χ0) is 20.0. The van der Waals surface area contributed by atoms with Crippen LogP contribution in [0.4, 0.5) is 17.1 Å². The van der Waals surface area contributed by atoms with Crippen molar-refractivity contribution in [2.24, 2.45) is 4.99 Å². The first kappa shape index (κ1) is 17.2. The number of benzene rings is 3. The normalized spacial score (nSPS) is 14.7. The zero-order valence-electron chi connectivity index (χ0n) is 15.4. The molecule has 0 atom stereocenters. The minimum Gasteiger partial charge on any atom is -0.475 e. The van der Waals surface area contributed by atoms with Gasteiger partial charge in [-0.25, -0.2) is 4.99 Å². The number of nitrogens with one attached hydrogen (secondary N) is 1. The van der Waals surface area contributed by atoms with Crippen LogP contribution in [0.1, 0.15) is 37.4 Å².